The van der Waals surface area contributed by atoms with Crippen LogP contribution in [0.1, 0.15) is 23.0 Å². The summed E-state index contributed by atoms with van der Waals surface area (Å²) in [6.45, 7) is 2.08. The molecular formula is C13H14N2O. The van der Waals surface area contributed by atoms with Gasteiger partial charge in [0.15, 0.2) is 0 Å². The van der Waals surface area contributed by atoms with Gasteiger partial charge in [0, 0.05) is 24.4 Å². The standard InChI is InChI=1S/C13H14N2O/c1-3-12-8-15(2)13(14-12)11-6-4-10(9-16)5-7-11/h4-9H,3H2,1-2H3. The van der Waals surface area contributed by atoms with Crippen LogP contribution in [0.2, 0.25) is 0 Å². The second-order valence-corrected chi connectivity index (χ2v) is 3.76. The lowest BCUT2D eigenvalue weighted by atomic mass is 10.1. The van der Waals surface area contributed by atoms with Gasteiger partial charge in [-0.2, -0.15) is 0 Å². The monoisotopic (exact) mass is 214 g/mol. The second-order valence-electron chi connectivity index (χ2n) is 3.76. The molecule has 0 bridgehead atoms. The van der Waals surface area contributed by atoms with Crippen molar-refractivity contribution in [3.63, 3.8) is 0 Å². The third kappa shape index (κ3) is 1.89. The topological polar surface area (TPSA) is 34.9 Å². The minimum absolute atomic E-state index is 0.689. The molecule has 2 aromatic rings. The summed E-state index contributed by atoms with van der Waals surface area (Å²) in [5, 5.41) is 0. The first-order valence-electron chi connectivity index (χ1n) is 5.32. The summed E-state index contributed by atoms with van der Waals surface area (Å²) in [5.74, 6) is 0.939. The number of carbonyl (C=O) groups excluding carboxylic acids is 1. The van der Waals surface area contributed by atoms with Crippen LogP contribution in [-0.4, -0.2) is 15.8 Å². The summed E-state index contributed by atoms with van der Waals surface area (Å²) >= 11 is 0. The predicted octanol–water partition coefficient (Wildman–Crippen LogP) is 2.46. The smallest absolute Gasteiger partial charge is 0.150 e. The molecule has 0 amide bonds. The van der Waals surface area contributed by atoms with E-state index in [0.29, 0.717) is 5.56 Å². The summed E-state index contributed by atoms with van der Waals surface area (Å²) < 4.78 is 2.01. The van der Waals surface area contributed by atoms with Crippen LogP contribution in [0.4, 0.5) is 0 Å². The Kier molecular flexibility index (Phi) is 2.86. The zero-order chi connectivity index (χ0) is 11.5. The minimum Gasteiger partial charge on any atom is -0.334 e. The van der Waals surface area contributed by atoms with Crippen molar-refractivity contribution < 1.29 is 4.79 Å². The summed E-state index contributed by atoms with van der Waals surface area (Å²) in [6, 6.07) is 7.46. The lowest BCUT2D eigenvalue weighted by molar-refractivity contribution is 0.112. The van der Waals surface area contributed by atoms with E-state index in [-0.39, 0.29) is 0 Å². The van der Waals surface area contributed by atoms with Crippen molar-refractivity contribution in [1.82, 2.24) is 9.55 Å². The molecule has 0 atom stereocenters. The molecule has 0 N–H and O–H groups in total. The molecule has 2 rings (SSSR count). The largest absolute Gasteiger partial charge is 0.334 e. The Hall–Kier alpha value is -1.90. The molecule has 0 saturated carbocycles. The van der Waals surface area contributed by atoms with Crippen molar-refractivity contribution in [2.24, 2.45) is 7.05 Å². The molecule has 0 spiro atoms. The first kappa shape index (κ1) is 10.6. The minimum atomic E-state index is 0.689. The molecule has 0 aliphatic heterocycles. The molecule has 3 nitrogen and oxygen atoms in total. The van der Waals surface area contributed by atoms with E-state index in [9.17, 15) is 4.79 Å². The normalized spacial score (nSPS) is 10.4. The highest BCUT2D eigenvalue weighted by molar-refractivity contribution is 5.76. The van der Waals surface area contributed by atoms with Gasteiger partial charge in [-0.05, 0) is 6.42 Å². The van der Waals surface area contributed by atoms with Crippen LogP contribution in [0, 0.1) is 0 Å². The maximum absolute atomic E-state index is 10.6. The molecule has 1 aromatic heterocycles. The molecule has 0 aliphatic carbocycles. The highest BCUT2D eigenvalue weighted by atomic mass is 16.1. The number of aromatic nitrogens is 2. The van der Waals surface area contributed by atoms with Gasteiger partial charge in [0.2, 0.25) is 0 Å². The average molecular weight is 214 g/mol. The van der Waals surface area contributed by atoms with E-state index in [1.165, 1.54) is 0 Å². The maximum atomic E-state index is 10.6. The number of benzene rings is 1. The van der Waals surface area contributed by atoms with E-state index < -0.39 is 0 Å². The molecule has 82 valence electrons. The van der Waals surface area contributed by atoms with E-state index in [2.05, 4.69) is 11.9 Å². The molecule has 0 saturated heterocycles. The molecule has 16 heavy (non-hydrogen) atoms. The Bertz CT molecular complexity index is 497. The first-order valence-corrected chi connectivity index (χ1v) is 5.32. The quantitative estimate of drug-likeness (QED) is 0.736. The zero-order valence-corrected chi connectivity index (χ0v) is 9.47. The van der Waals surface area contributed by atoms with Gasteiger partial charge in [0.25, 0.3) is 0 Å². The fourth-order valence-corrected chi connectivity index (χ4v) is 1.68. The summed E-state index contributed by atoms with van der Waals surface area (Å²) in [5.41, 5.74) is 2.80. The third-order valence-corrected chi connectivity index (χ3v) is 2.59. The van der Waals surface area contributed by atoms with Gasteiger partial charge in [-0.3, -0.25) is 4.79 Å². The summed E-state index contributed by atoms with van der Waals surface area (Å²) in [6.07, 6.45) is 3.81. The fourth-order valence-electron chi connectivity index (χ4n) is 1.68. The molecule has 0 unspecified atom stereocenters. The number of nitrogens with zero attached hydrogens (tertiary/aromatic N) is 2. The fraction of sp³-hybridized carbons (Fsp3) is 0.231. The predicted molar refractivity (Wildman–Crippen MR) is 63.4 cm³/mol. The van der Waals surface area contributed by atoms with Crippen LogP contribution in [0.25, 0.3) is 11.4 Å². The van der Waals surface area contributed by atoms with Crippen LogP contribution in [0.15, 0.2) is 30.5 Å². The average Bonchev–Trinajstić information content (AvgIpc) is 2.71. The van der Waals surface area contributed by atoms with E-state index in [1.807, 2.05) is 42.1 Å². The number of hydrogen-bond acceptors (Lipinski definition) is 2. The Morgan fingerprint density at radius 1 is 1.31 bits per heavy atom. The first-order chi connectivity index (χ1) is 7.74. The van der Waals surface area contributed by atoms with Crippen molar-refractivity contribution in [3.05, 3.63) is 41.7 Å². The number of hydrogen-bond donors (Lipinski definition) is 0. The van der Waals surface area contributed by atoms with Gasteiger partial charge in [0.05, 0.1) is 5.69 Å². The van der Waals surface area contributed by atoms with Gasteiger partial charge < -0.3 is 4.57 Å². The van der Waals surface area contributed by atoms with Crippen LogP contribution >= 0.6 is 0 Å². The summed E-state index contributed by atoms with van der Waals surface area (Å²) in [7, 11) is 1.98. The molecule has 1 heterocycles. The Morgan fingerprint density at radius 2 is 2.00 bits per heavy atom. The van der Waals surface area contributed by atoms with Gasteiger partial charge in [-0.25, -0.2) is 4.98 Å². The van der Waals surface area contributed by atoms with Crippen molar-refractivity contribution in [2.45, 2.75) is 13.3 Å². The van der Waals surface area contributed by atoms with Gasteiger partial charge in [-0.1, -0.05) is 31.2 Å². The maximum Gasteiger partial charge on any atom is 0.150 e. The Morgan fingerprint density at radius 3 is 2.50 bits per heavy atom. The van der Waals surface area contributed by atoms with E-state index >= 15 is 0 Å². The van der Waals surface area contributed by atoms with Crippen molar-refractivity contribution >= 4 is 6.29 Å². The molecule has 3 heteroatoms. The van der Waals surface area contributed by atoms with E-state index in [1.54, 1.807) is 0 Å². The van der Waals surface area contributed by atoms with Gasteiger partial charge >= 0.3 is 0 Å². The zero-order valence-electron chi connectivity index (χ0n) is 9.47. The Balaban J connectivity index is 2.41. The third-order valence-electron chi connectivity index (χ3n) is 2.59. The highest BCUT2D eigenvalue weighted by Gasteiger charge is 2.06. The van der Waals surface area contributed by atoms with Crippen molar-refractivity contribution in [3.8, 4) is 11.4 Å². The number of carbonyl (C=O) groups is 1. The number of imidazole rings is 1. The van der Waals surface area contributed by atoms with Crippen molar-refractivity contribution in [2.75, 3.05) is 0 Å². The van der Waals surface area contributed by atoms with Crippen LogP contribution in [-0.2, 0) is 13.5 Å². The highest BCUT2D eigenvalue weighted by Crippen LogP contribution is 2.18. The molecule has 1 aromatic carbocycles. The molecule has 0 aliphatic rings. The number of aryl methyl sites for hydroxylation is 2. The van der Waals surface area contributed by atoms with E-state index in [0.717, 1.165) is 29.8 Å². The molecule has 0 radical (unpaired) electrons. The van der Waals surface area contributed by atoms with Crippen molar-refractivity contribution in [1.29, 1.82) is 0 Å². The summed E-state index contributed by atoms with van der Waals surface area (Å²) in [4.78, 5) is 15.1. The van der Waals surface area contributed by atoms with Gasteiger partial charge in [0.1, 0.15) is 12.1 Å². The van der Waals surface area contributed by atoms with Gasteiger partial charge in [-0.15, -0.1) is 0 Å². The number of rotatable bonds is 3. The van der Waals surface area contributed by atoms with Crippen LogP contribution < -0.4 is 0 Å². The number of aldehydes is 1. The lowest BCUT2D eigenvalue weighted by Crippen LogP contribution is -1.91. The molecular weight excluding hydrogens is 200 g/mol. The van der Waals surface area contributed by atoms with E-state index in [4.69, 9.17) is 0 Å². The second kappa shape index (κ2) is 4.31. The Labute approximate surface area is 94.7 Å². The van der Waals surface area contributed by atoms with Crippen LogP contribution in [0.5, 0.6) is 0 Å². The lowest BCUT2D eigenvalue weighted by Gasteiger charge is -2.01. The SMILES string of the molecule is CCc1cn(C)c(-c2ccc(C=O)cc2)n1. The molecule has 0 fully saturated rings. The van der Waals surface area contributed by atoms with Crippen LogP contribution in [0.3, 0.4) is 0 Å².